The second-order valence-electron chi connectivity index (χ2n) is 7.51. The smallest absolute Gasteiger partial charge is 0.326 e. The number of aryl methyl sites for hydroxylation is 2. The minimum Gasteiger partial charge on any atom is -0.480 e. The average molecular weight is 407 g/mol. The summed E-state index contributed by atoms with van der Waals surface area (Å²) in [6.45, 7) is 5.12. The summed E-state index contributed by atoms with van der Waals surface area (Å²) in [5.41, 5.74) is 2.41. The molecule has 0 radical (unpaired) electrons. The molecule has 0 saturated carbocycles. The summed E-state index contributed by atoms with van der Waals surface area (Å²) in [5, 5.41) is 15.1. The van der Waals surface area contributed by atoms with Gasteiger partial charge in [-0.15, -0.1) is 0 Å². The number of aliphatic carboxylic acids is 1. The number of rotatable bonds is 13. The molecule has 1 aliphatic rings. The third-order valence-electron chi connectivity index (χ3n) is 5.13. The summed E-state index contributed by atoms with van der Waals surface area (Å²) < 4.78 is 5.17. The number of carbonyl (C=O) groups excluding carboxylic acids is 1. The monoisotopic (exact) mass is 406 g/mol. The number of aromatic nitrogens is 1. The molecule has 29 heavy (non-hydrogen) atoms. The van der Waals surface area contributed by atoms with Gasteiger partial charge in [-0.1, -0.05) is 6.07 Å². The second-order valence-corrected chi connectivity index (χ2v) is 7.51. The molecule has 0 fully saturated rings. The normalized spacial score (nSPS) is 14.2. The molecule has 8 nitrogen and oxygen atoms in total. The molecule has 0 saturated heterocycles. The Kier molecular flexibility index (Phi) is 9.87. The molecule has 1 aromatic rings. The van der Waals surface area contributed by atoms with E-state index in [1.165, 1.54) is 12.5 Å². The number of methoxy groups -OCH3 is 1. The lowest BCUT2D eigenvalue weighted by atomic mass is 10.1. The van der Waals surface area contributed by atoms with E-state index in [9.17, 15) is 14.7 Å². The van der Waals surface area contributed by atoms with Crippen molar-refractivity contribution in [2.75, 3.05) is 45.2 Å². The van der Waals surface area contributed by atoms with Crippen molar-refractivity contribution in [1.29, 1.82) is 0 Å². The van der Waals surface area contributed by atoms with Crippen LogP contribution >= 0.6 is 0 Å². The summed E-state index contributed by atoms with van der Waals surface area (Å²) in [5.74, 6) is -0.292. The maximum Gasteiger partial charge on any atom is 0.326 e. The fraction of sp³-hybridized carbons (Fsp3) is 0.667. The highest BCUT2D eigenvalue weighted by Crippen LogP contribution is 2.20. The van der Waals surface area contributed by atoms with Crippen molar-refractivity contribution < 1.29 is 19.4 Å². The van der Waals surface area contributed by atoms with Crippen LogP contribution < -0.4 is 10.6 Å². The molecule has 0 bridgehead atoms. The number of anilines is 1. The molecule has 1 atom stereocenters. The van der Waals surface area contributed by atoms with Crippen LogP contribution in [0.15, 0.2) is 12.1 Å². The van der Waals surface area contributed by atoms with Crippen molar-refractivity contribution in [3.63, 3.8) is 0 Å². The van der Waals surface area contributed by atoms with Gasteiger partial charge in [0.15, 0.2) is 0 Å². The zero-order valence-electron chi connectivity index (χ0n) is 17.6. The number of hydrogen-bond acceptors (Lipinski definition) is 6. The fourth-order valence-corrected chi connectivity index (χ4v) is 3.52. The Morgan fingerprint density at radius 2 is 2.14 bits per heavy atom. The van der Waals surface area contributed by atoms with Crippen LogP contribution in [0.5, 0.6) is 0 Å². The number of carboxylic acid groups (broad SMARTS) is 1. The second kappa shape index (κ2) is 12.4. The van der Waals surface area contributed by atoms with Crippen molar-refractivity contribution in [3.8, 4) is 0 Å². The molecule has 162 valence electrons. The van der Waals surface area contributed by atoms with Gasteiger partial charge in [0.1, 0.15) is 11.9 Å². The van der Waals surface area contributed by atoms with E-state index in [1.807, 2.05) is 0 Å². The quantitative estimate of drug-likeness (QED) is 0.428. The van der Waals surface area contributed by atoms with E-state index in [4.69, 9.17) is 9.72 Å². The van der Waals surface area contributed by atoms with Crippen molar-refractivity contribution in [1.82, 2.24) is 15.2 Å². The van der Waals surface area contributed by atoms with E-state index >= 15 is 0 Å². The van der Waals surface area contributed by atoms with Gasteiger partial charge in [0, 0.05) is 39.4 Å². The highest BCUT2D eigenvalue weighted by atomic mass is 16.5. The minimum absolute atomic E-state index is 0.326. The van der Waals surface area contributed by atoms with Crippen LogP contribution in [-0.4, -0.2) is 72.8 Å². The van der Waals surface area contributed by atoms with Crippen LogP contribution in [0.2, 0.25) is 0 Å². The molecule has 8 heteroatoms. The Morgan fingerprint density at radius 1 is 1.31 bits per heavy atom. The van der Waals surface area contributed by atoms with Crippen LogP contribution in [0.3, 0.4) is 0 Å². The van der Waals surface area contributed by atoms with Crippen LogP contribution in [0.25, 0.3) is 0 Å². The van der Waals surface area contributed by atoms with Crippen LogP contribution in [-0.2, 0) is 27.2 Å². The lowest BCUT2D eigenvalue weighted by Crippen LogP contribution is -2.42. The highest BCUT2D eigenvalue weighted by molar-refractivity contribution is 5.82. The van der Waals surface area contributed by atoms with Gasteiger partial charge >= 0.3 is 5.97 Å². The summed E-state index contributed by atoms with van der Waals surface area (Å²) in [6.07, 6.45) is 5.57. The molecular formula is C21H34N4O4. The molecule has 0 aliphatic carbocycles. The highest BCUT2D eigenvalue weighted by Gasteiger charge is 2.19. The molecular weight excluding hydrogens is 372 g/mol. The van der Waals surface area contributed by atoms with Crippen molar-refractivity contribution in [3.05, 3.63) is 23.4 Å². The number of hydrogen-bond donors (Lipinski definition) is 3. The fourth-order valence-electron chi connectivity index (χ4n) is 3.52. The third kappa shape index (κ3) is 8.37. The molecule has 2 heterocycles. The maximum atomic E-state index is 11.3. The lowest BCUT2D eigenvalue weighted by molar-refractivity contribution is -0.141. The van der Waals surface area contributed by atoms with Crippen LogP contribution in [0.1, 0.15) is 43.9 Å². The van der Waals surface area contributed by atoms with E-state index in [0.717, 1.165) is 63.3 Å². The zero-order valence-corrected chi connectivity index (χ0v) is 17.6. The summed E-state index contributed by atoms with van der Waals surface area (Å²) in [7, 11) is 1.66. The van der Waals surface area contributed by atoms with Gasteiger partial charge in [0.05, 0.1) is 6.61 Å². The standard InChI is InChI=1S/C21H34N4O4/c1-16(26)23-19(21(27)28)10-13-25(14-15-29-2)12-4-3-7-18-9-8-17-6-5-11-22-20(17)24-18/h8-9,19H,3-7,10-15H2,1-2H3,(H,22,24)(H,23,26)(H,27,28). The molecule has 2 rings (SSSR count). The first-order valence-corrected chi connectivity index (χ1v) is 10.4. The lowest BCUT2D eigenvalue weighted by Gasteiger charge is -2.24. The van der Waals surface area contributed by atoms with E-state index in [2.05, 4.69) is 27.7 Å². The van der Waals surface area contributed by atoms with Crippen molar-refractivity contribution >= 4 is 17.7 Å². The molecule has 1 aliphatic heterocycles. The predicted molar refractivity (Wildman–Crippen MR) is 112 cm³/mol. The number of carboxylic acids is 1. The van der Waals surface area contributed by atoms with Gasteiger partial charge in [-0.2, -0.15) is 0 Å². The number of ether oxygens (including phenoxy) is 1. The Labute approximate surface area is 173 Å². The number of nitrogens with one attached hydrogen (secondary N) is 2. The molecule has 3 N–H and O–H groups in total. The van der Waals surface area contributed by atoms with Crippen molar-refractivity contribution in [2.45, 2.75) is 51.5 Å². The Morgan fingerprint density at radius 3 is 2.86 bits per heavy atom. The van der Waals surface area contributed by atoms with Gasteiger partial charge in [0.2, 0.25) is 5.91 Å². The molecule has 0 spiro atoms. The number of nitrogens with zero attached hydrogens (tertiary/aromatic N) is 2. The first-order valence-electron chi connectivity index (χ1n) is 10.4. The average Bonchev–Trinajstić information content (AvgIpc) is 2.70. The van der Waals surface area contributed by atoms with E-state index in [-0.39, 0.29) is 5.91 Å². The summed E-state index contributed by atoms with van der Waals surface area (Å²) >= 11 is 0. The van der Waals surface area contributed by atoms with Crippen LogP contribution in [0.4, 0.5) is 5.82 Å². The largest absolute Gasteiger partial charge is 0.480 e. The Balaban J connectivity index is 1.77. The number of carbonyl (C=O) groups is 2. The van der Waals surface area contributed by atoms with Gasteiger partial charge in [-0.05, 0) is 56.7 Å². The maximum absolute atomic E-state index is 11.3. The Bertz CT molecular complexity index is 668. The first kappa shape index (κ1) is 23.1. The number of unbranched alkanes of at least 4 members (excludes halogenated alkanes) is 1. The topological polar surface area (TPSA) is 104 Å². The van der Waals surface area contributed by atoms with Gasteiger partial charge in [-0.25, -0.2) is 9.78 Å². The molecule has 1 aromatic heterocycles. The predicted octanol–water partition coefficient (Wildman–Crippen LogP) is 1.69. The van der Waals surface area contributed by atoms with Gasteiger partial charge in [-0.3, -0.25) is 4.79 Å². The van der Waals surface area contributed by atoms with Gasteiger partial charge < -0.3 is 25.4 Å². The summed E-state index contributed by atoms with van der Waals surface area (Å²) in [4.78, 5) is 29.4. The van der Waals surface area contributed by atoms with Crippen LogP contribution in [0, 0.1) is 0 Å². The van der Waals surface area contributed by atoms with E-state index in [0.29, 0.717) is 19.6 Å². The van der Waals surface area contributed by atoms with Crippen molar-refractivity contribution in [2.24, 2.45) is 0 Å². The molecule has 1 unspecified atom stereocenters. The molecule has 1 amide bonds. The van der Waals surface area contributed by atoms with Gasteiger partial charge in [0.25, 0.3) is 0 Å². The molecule has 0 aromatic carbocycles. The zero-order chi connectivity index (χ0) is 21.1. The number of pyridine rings is 1. The SMILES string of the molecule is COCCN(CCCCc1ccc2c(n1)NCCC2)CCC(NC(C)=O)C(=O)O. The first-order chi connectivity index (χ1) is 14.0. The number of fused-ring (bicyclic) bond motifs is 1. The van der Waals surface area contributed by atoms with E-state index in [1.54, 1.807) is 7.11 Å². The minimum atomic E-state index is -1.00. The van der Waals surface area contributed by atoms with E-state index < -0.39 is 12.0 Å². The Hall–Kier alpha value is -2.19. The summed E-state index contributed by atoms with van der Waals surface area (Å²) in [6, 6.07) is 3.45. The number of amides is 1. The third-order valence-corrected chi connectivity index (χ3v) is 5.13.